The van der Waals surface area contributed by atoms with Gasteiger partial charge in [-0.15, -0.1) is 11.8 Å². The third-order valence-corrected chi connectivity index (χ3v) is 5.06. The van der Waals surface area contributed by atoms with Crippen molar-refractivity contribution in [2.45, 2.75) is 55.6 Å². The summed E-state index contributed by atoms with van der Waals surface area (Å²) in [6.07, 6.45) is 5.14. The van der Waals surface area contributed by atoms with E-state index >= 15 is 0 Å². The van der Waals surface area contributed by atoms with Crippen LogP contribution in [0.4, 0.5) is 0 Å². The second-order valence-electron chi connectivity index (χ2n) is 5.99. The van der Waals surface area contributed by atoms with Crippen molar-refractivity contribution in [3.05, 3.63) is 29.8 Å². The zero-order valence-corrected chi connectivity index (χ0v) is 14.8. The van der Waals surface area contributed by atoms with E-state index in [0.29, 0.717) is 18.4 Å². The summed E-state index contributed by atoms with van der Waals surface area (Å²) in [5.41, 5.74) is -0.384. The number of rotatable bonds is 5. The van der Waals surface area contributed by atoms with Gasteiger partial charge in [0.1, 0.15) is 5.54 Å². The average molecular weight is 346 g/mol. The van der Waals surface area contributed by atoms with Crippen LogP contribution in [0.15, 0.2) is 29.2 Å². The molecular weight excluding hydrogens is 324 g/mol. The van der Waals surface area contributed by atoms with E-state index < -0.39 is 23.5 Å². The maximum absolute atomic E-state index is 12.4. The first-order valence-electron chi connectivity index (χ1n) is 8.08. The zero-order chi connectivity index (χ0) is 17.6. The molecule has 1 N–H and O–H groups in total. The van der Waals surface area contributed by atoms with Crippen LogP contribution in [0.3, 0.4) is 0 Å². The molecule has 24 heavy (non-hydrogen) atoms. The zero-order valence-electron chi connectivity index (χ0n) is 14.0. The topological polar surface area (TPSA) is 79.2 Å². The van der Waals surface area contributed by atoms with Gasteiger partial charge in [-0.3, -0.25) is 4.79 Å². The molecule has 1 aliphatic carbocycles. The van der Waals surface area contributed by atoms with E-state index in [0.717, 1.165) is 24.2 Å². The molecule has 1 aromatic carbocycles. The Balaban J connectivity index is 2.01. The Morgan fingerprint density at radius 2 is 1.96 bits per heavy atom. The van der Waals surface area contributed by atoms with Gasteiger partial charge in [0.15, 0.2) is 6.10 Å². The van der Waals surface area contributed by atoms with Gasteiger partial charge in [-0.1, -0.05) is 31.4 Å². The lowest BCUT2D eigenvalue weighted by Gasteiger charge is -2.32. The number of esters is 1. The molecule has 1 saturated carbocycles. The number of nitriles is 1. The van der Waals surface area contributed by atoms with Gasteiger partial charge >= 0.3 is 5.97 Å². The van der Waals surface area contributed by atoms with Gasteiger partial charge < -0.3 is 10.1 Å². The molecule has 1 fully saturated rings. The van der Waals surface area contributed by atoms with Crippen LogP contribution in [-0.2, 0) is 9.53 Å². The highest BCUT2D eigenvalue weighted by Gasteiger charge is 2.35. The minimum Gasteiger partial charge on any atom is -0.449 e. The largest absolute Gasteiger partial charge is 0.449 e. The van der Waals surface area contributed by atoms with Crippen molar-refractivity contribution in [2.24, 2.45) is 0 Å². The summed E-state index contributed by atoms with van der Waals surface area (Å²) in [5, 5.41) is 12.2. The van der Waals surface area contributed by atoms with Crippen molar-refractivity contribution in [2.75, 3.05) is 6.26 Å². The predicted molar refractivity (Wildman–Crippen MR) is 92.7 cm³/mol. The second kappa shape index (κ2) is 8.20. The summed E-state index contributed by atoms with van der Waals surface area (Å²) in [6.45, 7) is 1.53. The number of hydrogen-bond donors (Lipinski definition) is 1. The summed E-state index contributed by atoms with van der Waals surface area (Å²) in [7, 11) is 0. The van der Waals surface area contributed by atoms with Crippen molar-refractivity contribution in [3.63, 3.8) is 0 Å². The van der Waals surface area contributed by atoms with Crippen LogP contribution in [0.25, 0.3) is 0 Å². The van der Waals surface area contributed by atoms with Crippen molar-refractivity contribution in [3.8, 4) is 6.07 Å². The summed E-state index contributed by atoms with van der Waals surface area (Å²) in [5.74, 6) is -0.953. The molecule has 0 unspecified atom stereocenters. The lowest BCUT2D eigenvalue weighted by Crippen LogP contribution is -2.52. The fourth-order valence-electron chi connectivity index (χ4n) is 2.85. The number of thioether (sulfide) groups is 1. The summed E-state index contributed by atoms with van der Waals surface area (Å²) < 4.78 is 5.30. The molecule has 1 atom stereocenters. The van der Waals surface area contributed by atoms with Crippen molar-refractivity contribution in [1.29, 1.82) is 5.26 Å². The third-order valence-electron chi connectivity index (χ3n) is 4.26. The highest BCUT2D eigenvalue weighted by molar-refractivity contribution is 7.98. The van der Waals surface area contributed by atoms with Gasteiger partial charge in [-0.25, -0.2) is 4.79 Å². The molecular formula is C18H22N2O3S. The van der Waals surface area contributed by atoms with Crippen molar-refractivity contribution < 1.29 is 14.3 Å². The van der Waals surface area contributed by atoms with E-state index in [2.05, 4.69) is 11.4 Å². The van der Waals surface area contributed by atoms with E-state index in [-0.39, 0.29) is 0 Å². The van der Waals surface area contributed by atoms with Gasteiger partial charge in [-0.2, -0.15) is 5.26 Å². The normalized spacial score (nSPS) is 17.4. The molecule has 0 radical (unpaired) electrons. The minimum atomic E-state index is -0.945. The molecule has 6 heteroatoms. The quantitative estimate of drug-likeness (QED) is 0.654. The van der Waals surface area contributed by atoms with Gasteiger partial charge in [0.2, 0.25) is 0 Å². The lowest BCUT2D eigenvalue weighted by atomic mass is 9.83. The van der Waals surface area contributed by atoms with Crippen molar-refractivity contribution in [1.82, 2.24) is 5.32 Å². The fourth-order valence-corrected chi connectivity index (χ4v) is 3.43. The number of nitrogens with zero attached hydrogens (tertiary/aromatic N) is 1. The Morgan fingerprint density at radius 1 is 1.29 bits per heavy atom. The number of amides is 1. The van der Waals surface area contributed by atoms with Gasteiger partial charge in [0, 0.05) is 4.90 Å². The molecule has 1 amide bonds. The van der Waals surface area contributed by atoms with Crippen LogP contribution in [0, 0.1) is 11.3 Å². The van der Waals surface area contributed by atoms with Crippen LogP contribution < -0.4 is 5.32 Å². The molecule has 1 aromatic rings. The van der Waals surface area contributed by atoms with Crippen LogP contribution in [0.1, 0.15) is 49.4 Å². The fraction of sp³-hybridized carbons (Fsp3) is 0.500. The van der Waals surface area contributed by atoms with E-state index in [1.54, 1.807) is 12.1 Å². The molecule has 2 rings (SSSR count). The molecule has 128 valence electrons. The predicted octanol–water partition coefficient (Wildman–Crippen LogP) is 3.30. The minimum absolute atomic E-state index is 0.423. The van der Waals surface area contributed by atoms with E-state index in [4.69, 9.17) is 4.74 Å². The number of carbonyl (C=O) groups excluding carboxylic acids is 2. The average Bonchev–Trinajstić information content (AvgIpc) is 2.62. The Kier molecular flexibility index (Phi) is 6.27. The summed E-state index contributed by atoms with van der Waals surface area (Å²) in [6, 6.07) is 9.34. The third kappa shape index (κ3) is 4.30. The van der Waals surface area contributed by atoms with Crippen LogP contribution in [-0.4, -0.2) is 29.8 Å². The van der Waals surface area contributed by atoms with E-state index in [1.807, 2.05) is 18.4 Å². The van der Waals surface area contributed by atoms with Gasteiger partial charge in [-0.05, 0) is 38.2 Å². The van der Waals surface area contributed by atoms with Crippen LogP contribution >= 0.6 is 11.8 Å². The van der Waals surface area contributed by atoms with Crippen LogP contribution in [0.2, 0.25) is 0 Å². The van der Waals surface area contributed by atoms with E-state index in [9.17, 15) is 14.9 Å². The van der Waals surface area contributed by atoms with Gasteiger partial charge in [0.25, 0.3) is 5.91 Å². The maximum Gasteiger partial charge on any atom is 0.340 e. The lowest BCUT2D eigenvalue weighted by molar-refractivity contribution is -0.130. The standard InChI is InChI=1S/C18H22N2O3S/c1-13(16(21)20-18(12-19)10-6-3-7-11-18)23-17(22)14-8-4-5-9-15(14)24-2/h4-5,8-9,13H,3,6-7,10-11H2,1-2H3,(H,20,21)/t13-/m0/s1. The van der Waals surface area contributed by atoms with Crippen LogP contribution in [0.5, 0.6) is 0 Å². The smallest absolute Gasteiger partial charge is 0.340 e. The Morgan fingerprint density at radius 3 is 2.58 bits per heavy atom. The summed E-state index contributed by atoms with van der Waals surface area (Å²) in [4.78, 5) is 25.5. The van der Waals surface area contributed by atoms with Gasteiger partial charge in [0.05, 0.1) is 11.6 Å². The first-order valence-corrected chi connectivity index (χ1v) is 9.31. The number of carbonyl (C=O) groups is 2. The molecule has 5 nitrogen and oxygen atoms in total. The molecule has 0 saturated heterocycles. The molecule has 0 aromatic heterocycles. The molecule has 1 aliphatic rings. The Labute approximate surface area is 146 Å². The monoisotopic (exact) mass is 346 g/mol. The SMILES string of the molecule is CSc1ccccc1C(=O)O[C@@H](C)C(=O)NC1(C#N)CCCCC1. The Bertz CT molecular complexity index is 648. The molecule has 0 spiro atoms. The molecule has 0 heterocycles. The summed E-state index contributed by atoms with van der Waals surface area (Å²) >= 11 is 1.45. The first kappa shape index (κ1) is 18.3. The number of benzene rings is 1. The maximum atomic E-state index is 12.4. The number of hydrogen-bond acceptors (Lipinski definition) is 5. The molecule has 0 aliphatic heterocycles. The highest BCUT2D eigenvalue weighted by Crippen LogP contribution is 2.28. The van der Waals surface area contributed by atoms with Crippen molar-refractivity contribution >= 4 is 23.6 Å². The first-order chi connectivity index (χ1) is 11.5. The highest BCUT2D eigenvalue weighted by atomic mass is 32.2. The number of ether oxygens (including phenoxy) is 1. The molecule has 0 bridgehead atoms. The number of nitrogens with one attached hydrogen (secondary N) is 1. The van der Waals surface area contributed by atoms with E-state index in [1.165, 1.54) is 18.7 Å². The second-order valence-corrected chi connectivity index (χ2v) is 6.84. The Hall–Kier alpha value is -2.00.